The summed E-state index contributed by atoms with van der Waals surface area (Å²) < 4.78 is 5.52. The number of aliphatic hydroxyl groups excluding tert-OH is 1. The van der Waals surface area contributed by atoms with E-state index in [1.165, 1.54) is 51.4 Å². The van der Waals surface area contributed by atoms with E-state index in [0.717, 1.165) is 48.9 Å². The Kier molecular flexibility index (Phi) is 6.10. The van der Waals surface area contributed by atoms with E-state index in [-0.39, 0.29) is 17.7 Å². The van der Waals surface area contributed by atoms with Gasteiger partial charge < -0.3 is 9.84 Å². The molecule has 0 aromatic carbocycles. The molecule has 1 N–H and O–H groups in total. The molecule has 0 aromatic rings. The summed E-state index contributed by atoms with van der Waals surface area (Å²) in [6, 6.07) is 0. The van der Waals surface area contributed by atoms with E-state index in [1.54, 1.807) is 0 Å². The number of fused-ring (bicyclic) bond motifs is 5. The molecule has 0 saturated heterocycles. The number of ether oxygens (including phenoxy) is 1. The van der Waals surface area contributed by atoms with Gasteiger partial charge >= 0.3 is 5.97 Å². The second-order valence-corrected chi connectivity index (χ2v) is 12.9. The van der Waals surface area contributed by atoms with Gasteiger partial charge in [-0.2, -0.15) is 0 Å². The van der Waals surface area contributed by atoms with Gasteiger partial charge in [-0.25, -0.2) is 0 Å². The highest BCUT2D eigenvalue weighted by Gasteiger charge is 2.59. The molecule has 0 aromatic heterocycles. The highest BCUT2D eigenvalue weighted by molar-refractivity contribution is 5.69. The Morgan fingerprint density at radius 1 is 0.967 bits per heavy atom. The molecule has 0 radical (unpaired) electrons. The maximum absolute atomic E-state index is 12.1. The zero-order valence-electron chi connectivity index (χ0n) is 20.2. The average Bonchev–Trinajstić information content (AvgIpc) is 2.97. The van der Waals surface area contributed by atoms with E-state index in [2.05, 4.69) is 13.8 Å². The summed E-state index contributed by atoms with van der Waals surface area (Å²) in [5.74, 6) is 4.16. The molecule has 3 heteroatoms. The lowest BCUT2D eigenvalue weighted by atomic mass is 9.44. The number of rotatable bonds is 4. The van der Waals surface area contributed by atoms with E-state index >= 15 is 0 Å². The Morgan fingerprint density at radius 2 is 1.67 bits per heavy atom. The van der Waals surface area contributed by atoms with Gasteiger partial charge in [0.2, 0.25) is 0 Å². The first-order valence-corrected chi connectivity index (χ1v) is 12.9. The molecule has 4 aliphatic rings. The van der Waals surface area contributed by atoms with Crippen molar-refractivity contribution in [3.63, 3.8) is 0 Å². The number of carbonyl (C=O) groups excluding carboxylic acids is 1. The van der Waals surface area contributed by atoms with Crippen LogP contribution in [0.2, 0.25) is 0 Å². The molecule has 0 bridgehead atoms. The van der Waals surface area contributed by atoms with Gasteiger partial charge in [0.1, 0.15) is 5.60 Å². The summed E-state index contributed by atoms with van der Waals surface area (Å²) >= 11 is 0. The van der Waals surface area contributed by atoms with Crippen LogP contribution in [-0.2, 0) is 9.53 Å². The second kappa shape index (κ2) is 8.09. The number of hydrogen-bond donors (Lipinski definition) is 1. The molecular formula is C27H46O3. The maximum Gasteiger partial charge on any atom is 0.306 e. The first-order chi connectivity index (χ1) is 14.0. The Bertz CT molecular complexity index is 637. The van der Waals surface area contributed by atoms with Gasteiger partial charge in [-0.1, -0.05) is 13.8 Å². The quantitative estimate of drug-likeness (QED) is 0.529. The molecule has 30 heavy (non-hydrogen) atoms. The van der Waals surface area contributed by atoms with Crippen molar-refractivity contribution in [2.75, 3.05) is 0 Å². The van der Waals surface area contributed by atoms with Crippen molar-refractivity contribution >= 4 is 5.97 Å². The van der Waals surface area contributed by atoms with Crippen LogP contribution in [0.1, 0.15) is 112 Å². The first kappa shape index (κ1) is 22.6. The molecule has 8 atom stereocenters. The summed E-state index contributed by atoms with van der Waals surface area (Å²) in [6.45, 7) is 11.0. The fourth-order valence-electron chi connectivity index (χ4n) is 8.70. The van der Waals surface area contributed by atoms with Gasteiger partial charge in [0, 0.05) is 6.42 Å². The minimum Gasteiger partial charge on any atom is -0.460 e. The molecule has 0 aliphatic heterocycles. The van der Waals surface area contributed by atoms with Crippen molar-refractivity contribution in [2.45, 2.75) is 123 Å². The van der Waals surface area contributed by atoms with Crippen molar-refractivity contribution in [2.24, 2.45) is 40.4 Å². The van der Waals surface area contributed by atoms with E-state index in [1.807, 2.05) is 20.8 Å². The van der Waals surface area contributed by atoms with Gasteiger partial charge in [0.15, 0.2) is 0 Å². The van der Waals surface area contributed by atoms with E-state index in [4.69, 9.17) is 4.74 Å². The largest absolute Gasteiger partial charge is 0.460 e. The lowest BCUT2D eigenvalue weighted by Crippen LogP contribution is -2.53. The third-order valence-electron chi connectivity index (χ3n) is 10.2. The molecule has 5 unspecified atom stereocenters. The molecule has 0 amide bonds. The molecule has 4 fully saturated rings. The zero-order valence-corrected chi connectivity index (χ0v) is 20.2. The van der Waals surface area contributed by atoms with Gasteiger partial charge in [-0.05, 0) is 132 Å². The lowest BCUT2D eigenvalue weighted by Gasteiger charge is -2.61. The van der Waals surface area contributed by atoms with Crippen LogP contribution < -0.4 is 0 Å². The molecular weight excluding hydrogens is 372 g/mol. The topological polar surface area (TPSA) is 46.5 Å². The minimum absolute atomic E-state index is 0.0309. The van der Waals surface area contributed by atoms with Gasteiger partial charge in [0.05, 0.1) is 6.10 Å². The Labute approximate surface area is 184 Å². The fourth-order valence-corrected chi connectivity index (χ4v) is 8.70. The third kappa shape index (κ3) is 4.09. The van der Waals surface area contributed by atoms with Crippen LogP contribution in [-0.4, -0.2) is 22.8 Å². The van der Waals surface area contributed by atoms with E-state index in [0.29, 0.717) is 17.3 Å². The molecule has 3 nitrogen and oxygen atoms in total. The molecule has 4 rings (SSSR count). The maximum atomic E-state index is 12.1. The molecule has 172 valence electrons. The highest BCUT2D eigenvalue weighted by Crippen LogP contribution is 2.67. The van der Waals surface area contributed by atoms with Crippen molar-refractivity contribution < 1.29 is 14.6 Å². The monoisotopic (exact) mass is 418 g/mol. The Morgan fingerprint density at radius 3 is 2.40 bits per heavy atom. The average molecular weight is 419 g/mol. The van der Waals surface area contributed by atoms with Crippen LogP contribution in [0.4, 0.5) is 0 Å². The Hall–Kier alpha value is -0.570. The summed E-state index contributed by atoms with van der Waals surface area (Å²) in [5, 5.41) is 10.2. The summed E-state index contributed by atoms with van der Waals surface area (Å²) in [6.07, 6.45) is 14.3. The molecule has 0 spiro atoms. The van der Waals surface area contributed by atoms with Crippen LogP contribution in [0.3, 0.4) is 0 Å². The van der Waals surface area contributed by atoms with Crippen molar-refractivity contribution in [1.82, 2.24) is 0 Å². The van der Waals surface area contributed by atoms with E-state index in [9.17, 15) is 9.90 Å². The van der Waals surface area contributed by atoms with Crippen LogP contribution in [0.15, 0.2) is 0 Å². The van der Waals surface area contributed by atoms with E-state index < -0.39 is 0 Å². The van der Waals surface area contributed by atoms with Crippen LogP contribution in [0.5, 0.6) is 0 Å². The SMILES string of the molecule is CC(C)(C)OC(=O)CCCC1CC[C@H]2[C@@H]3CCC4CC(O)CCC4(C)[C@H]3CCC12C. The predicted octanol–water partition coefficient (Wildman–Crippen LogP) is 6.52. The molecule has 4 aliphatic carbocycles. The van der Waals surface area contributed by atoms with Crippen LogP contribution in [0.25, 0.3) is 0 Å². The zero-order chi connectivity index (χ0) is 21.7. The van der Waals surface area contributed by atoms with Crippen LogP contribution in [0, 0.1) is 40.4 Å². The highest BCUT2D eigenvalue weighted by atomic mass is 16.6. The number of carbonyl (C=O) groups is 1. The fraction of sp³-hybridized carbons (Fsp3) is 0.963. The summed E-state index contributed by atoms with van der Waals surface area (Å²) in [5.41, 5.74) is 0.578. The molecule has 4 saturated carbocycles. The lowest BCUT2D eigenvalue weighted by molar-refractivity contribution is -0.155. The number of hydrogen-bond acceptors (Lipinski definition) is 3. The number of esters is 1. The smallest absolute Gasteiger partial charge is 0.306 e. The second-order valence-electron chi connectivity index (χ2n) is 12.9. The normalized spacial score (nSPS) is 45.9. The van der Waals surface area contributed by atoms with Crippen molar-refractivity contribution in [1.29, 1.82) is 0 Å². The summed E-state index contributed by atoms with van der Waals surface area (Å²) in [7, 11) is 0. The third-order valence-corrected chi connectivity index (χ3v) is 10.2. The van der Waals surface area contributed by atoms with Crippen LogP contribution >= 0.6 is 0 Å². The standard InChI is InChI=1S/C27H46O3/c1-25(2,3)30-24(29)8-6-7-18-10-12-22-21-11-9-19-17-20(28)13-15-27(19,5)23(21)14-16-26(18,22)4/h18-23,28H,6-17H2,1-5H3/t18?,19?,20?,21-,22-,23-,26?,27?/m0/s1. The van der Waals surface area contributed by atoms with Crippen molar-refractivity contribution in [3.05, 3.63) is 0 Å². The predicted molar refractivity (Wildman–Crippen MR) is 121 cm³/mol. The minimum atomic E-state index is -0.371. The van der Waals surface area contributed by atoms with Gasteiger partial charge in [0.25, 0.3) is 0 Å². The van der Waals surface area contributed by atoms with Crippen molar-refractivity contribution in [3.8, 4) is 0 Å². The number of aliphatic hydroxyl groups is 1. The van der Waals surface area contributed by atoms with Gasteiger partial charge in [-0.15, -0.1) is 0 Å². The first-order valence-electron chi connectivity index (χ1n) is 12.9. The van der Waals surface area contributed by atoms with Gasteiger partial charge in [-0.3, -0.25) is 4.79 Å². The molecule has 0 heterocycles. The summed E-state index contributed by atoms with van der Waals surface area (Å²) in [4.78, 5) is 12.1. The Balaban J connectivity index is 1.37.